The van der Waals surface area contributed by atoms with Crippen LogP contribution in [0.5, 0.6) is 0 Å². The summed E-state index contributed by atoms with van der Waals surface area (Å²) in [5.41, 5.74) is -0.779. The molecule has 0 fully saturated rings. The molecule has 0 N–H and O–H groups in total. The first-order chi connectivity index (χ1) is 5.54. The standard InChI is InChI=1S/C9H13N3/c1-5-6-9(2,7-10)11-8-12(3)4/h1,8H,6H2,2-4H3. The van der Waals surface area contributed by atoms with Crippen LogP contribution in [0.15, 0.2) is 4.99 Å². The van der Waals surface area contributed by atoms with Crippen molar-refractivity contribution >= 4 is 6.34 Å². The minimum atomic E-state index is -0.779. The zero-order chi connectivity index (χ0) is 9.61. The lowest BCUT2D eigenvalue weighted by molar-refractivity contribution is 0.585. The lowest BCUT2D eigenvalue weighted by atomic mass is 10.0. The van der Waals surface area contributed by atoms with Gasteiger partial charge in [-0.1, -0.05) is 0 Å². The Kier molecular flexibility index (Phi) is 3.86. The Labute approximate surface area is 73.7 Å². The number of terminal acetylenes is 1. The number of nitrogens with zero attached hydrogens (tertiary/aromatic N) is 3. The van der Waals surface area contributed by atoms with E-state index in [0.29, 0.717) is 6.42 Å². The van der Waals surface area contributed by atoms with Crippen LogP contribution >= 0.6 is 0 Å². The number of aliphatic imine (C=N–C) groups is 1. The highest BCUT2D eigenvalue weighted by Crippen LogP contribution is 2.12. The van der Waals surface area contributed by atoms with Crippen molar-refractivity contribution in [3.8, 4) is 18.4 Å². The third-order valence-corrected chi connectivity index (χ3v) is 1.26. The number of hydrogen-bond donors (Lipinski definition) is 0. The molecule has 1 atom stereocenters. The molecular weight excluding hydrogens is 150 g/mol. The van der Waals surface area contributed by atoms with Gasteiger partial charge in [0.1, 0.15) is 0 Å². The summed E-state index contributed by atoms with van der Waals surface area (Å²) in [6.07, 6.45) is 7.05. The Morgan fingerprint density at radius 1 is 1.67 bits per heavy atom. The molecule has 0 aliphatic rings. The molecule has 0 aliphatic carbocycles. The maximum atomic E-state index is 8.75. The predicted molar refractivity (Wildman–Crippen MR) is 49.6 cm³/mol. The van der Waals surface area contributed by atoms with Gasteiger partial charge in [-0.05, 0) is 6.92 Å². The highest BCUT2D eigenvalue weighted by molar-refractivity contribution is 5.55. The van der Waals surface area contributed by atoms with E-state index in [-0.39, 0.29) is 0 Å². The molecule has 1 unspecified atom stereocenters. The molecule has 0 spiro atoms. The normalized spacial score (nSPS) is 14.8. The topological polar surface area (TPSA) is 39.4 Å². The van der Waals surface area contributed by atoms with E-state index >= 15 is 0 Å². The van der Waals surface area contributed by atoms with Crippen molar-refractivity contribution < 1.29 is 0 Å². The second kappa shape index (κ2) is 4.41. The van der Waals surface area contributed by atoms with E-state index in [1.54, 1.807) is 18.2 Å². The van der Waals surface area contributed by atoms with Crippen LogP contribution in [-0.4, -0.2) is 30.9 Å². The molecule has 0 rings (SSSR count). The number of rotatable bonds is 3. The van der Waals surface area contributed by atoms with Gasteiger partial charge in [-0.25, -0.2) is 0 Å². The van der Waals surface area contributed by atoms with Crippen LogP contribution in [-0.2, 0) is 0 Å². The Bertz CT molecular complexity index is 241. The summed E-state index contributed by atoms with van der Waals surface area (Å²) in [5.74, 6) is 2.43. The fraction of sp³-hybridized carbons (Fsp3) is 0.556. The molecule has 0 bridgehead atoms. The summed E-state index contributed by atoms with van der Waals surface area (Å²) in [5, 5.41) is 8.75. The first-order valence-corrected chi connectivity index (χ1v) is 3.60. The van der Waals surface area contributed by atoms with Crippen LogP contribution in [0.2, 0.25) is 0 Å². The predicted octanol–water partition coefficient (Wildman–Crippen LogP) is 0.882. The van der Waals surface area contributed by atoms with Gasteiger partial charge in [0.05, 0.1) is 12.4 Å². The van der Waals surface area contributed by atoms with Gasteiger partial charge < -0.3 is 4.90 Å². The van der Waals surface area contributed by atoms with Crippen LogP contribution in [0.1, 0.15) is 13.3 Å². The monoisotopic (exact) mass is 163 g/mol. The summed E-state index contributed by atoms with van der Waals surface area (Å²) in [4.78, 5) is 5.83. The average molecular weight is 163 g/mol. The van der Waals surface area contributed by atoms with E-state index in [0.717, 1.165) is 0 Å². The molecule has 3 heteroatoms. The molecule has 0 radical (unpaired) electrons. The summed E-state index contributed by atoms with van der Waals surface area (Å²) >= 11 is 0. The second-order valence-electron chi connectivity index (χ2n) is 2.97. The Balaban J connectivity index is 4.38. The lowest BCUT2D eigenvalue weighted by Gasteiger charge is -2.13. The lowest BCUT2D eigenvalue weighted by Crippen LogP contribution is -2.21. The quantitative estimate of drug-likeness (QED) is 0.352. The summed E-state index contributed by atoms with van der Waals surface area (Å²) in [6, 6.07) is 2.07. The van der Waals surface area contributed by atoms with E-state index in [9.17, 15) is 0 Å². The van der Waals surface area contributed by atoms with E-state index in [1.165, 1.54) is 0 Å². The van der Waals surface area contributed by atoms with Crippen LogP contribution in [0, 0.1) is 23.7 Å². The first kappa shape index (κ1) is 10.5. The molecule has 3 nitrogen and oxygen atoms in total. The Morgan fingerprint density at radius 2 is 2.25 bits per heavy atom. The third kappa shape index (κ3) is 3.63. The average Bonchev–Trinajstić information content (AvgIpc) is 2.02. The van der Waals surface area contributed by atoms with Gasteiger partial charge in [0.2, 0.25) is 0 Å². The van der Waals surface area contributed by atoms with E-state index in [1.807, 2.05) is 14.1 Å². The van der Waals surface area contributed by atoms with Crippen molar-refractivity contribution in [2.45, 2.75) is 18.9 Å². The van der Waals surface area contributed by atoms with E-state index in [4.69, 9.17) is 11.7 Å². The highest BCUT2D eigenvalue weighted by Gasteiger charge is 2.19. The van der Waals surface area contributed by atoms with E-state index in [2.05, 4.69) is 17.0 Å². The van der Waals surface area contributed by atoms with Gasteiger partial charge in [-0.3, -0.25) is 4.99 Å². The van der Waals surface area contributed by atoms with Gasteiger partial charge in [-0.15, -0.1) is 12.3 Å². The van der Waals surface area contributed by atoms with Crippen LogP contribution in [0.4, 0.5) is 0 Å². The molecule has 0 saturated carbocycles. The largest absolute Gasteiger partial charge is 0.369 e. The molecule has 64 valence electrons. The molecule has 0 saturated heterocycles. The Hall–Kier alpha value is -1.48. The van der Waals surface area contributed by atoms with Crippen molar-refractivity contribution in [2.75, 3.05) is 14.1 Å². The SMILES string of the molecule is C#CCC(C)(C#N)N=CN(C)C. The molecule has 0 amide bonds. The van der Waals surface area contributed by atoms with Crippen molar-refractivity contribution in [3.05, 3.63) is 0 Å². The summed E-state index contributed by atoms with van der Waals surface area (Å²) < 4.78 is 0. The second-order valence-corrected chi connectivity index (χ2v) is 2.97. The van der Waals surface area contributed by atoms with Crippen LogP contribution in [0.3, 0.4) is 0 Å². The summed E-state index contributed by atoms with van der Waals surface area (Å²) in [7, 11) is 3.69. The zero-order valence-electron chi connectivity index (χ0n) is 7.70. The number of hydrogen-bond acceptors (Lipinski definition) is 2. The molecule has 0 aromatic rings. The van der Waals surface area contributed by atoms with E-state index < -0.39 is 5.54 Å². The molecule has 0 aromatic carbocycles. The van der Waals surface area contributed by atoms with Crippen molar-refractivity contribution in [2.24, 2.45) is 4.99 Å². The minimum Gasteiger partial charge on any atom is -0.369 e. The first-order valence-electron chi connectivity index (χ1n) is 3.60. The Morgan fingerprint density at radius 3 is 2.58 bits per heavy atom. The van der Waals surface area contributed by atoms with Crippen molar-refractivity contribution in [3.63, 3.8) is 0 Å². The van der Waals surface area contributed by atoms with Gasteiger partial charge in [0.15, 0.2) is 5.54 Å². The molecular formula is C9H13N3. The van der Waals surface area contributed by atoms with Gasteiger partial charge in [0.25, 0.3) is 0 Å². The van der Waals surface area contributed by atoms with Crippen molar-refractivity contribution in [1.82, 2.24) is 4.90 Å². The van der Waals surface area contributed by atoms with Gasteiger partial charge in [-0.2, -0.15) is 5.26 Å². The maximum Gasteiger partial charge on any atom is 0.156 e. The van der Waals surface area contributed by atoms with Crippen molar-refractivity contribution in [1.29, 1.82) is 5.26 Å². The number of nitriles is 1. The smallest absolute Gasteiger partial charge is 0.156 e. The third-order valence-electron chi connectivity index (χ3n) is 1.26. The van der Waals surface area contributed by atoms with Crippen LogP contribution < -0.4 is 0 Å². The fourth-order valence-corrected chi connectivity index (χ4v) is 0.556. The highest BCUT2D eigenvalue weighted by atomic mass is 15.1. The molecule has 0 heterocycles. The van der Waals surface area contributed by atoms with Gasteiger partial charge >= 0.3 is 0 Å². The molecule has 12 heavy (non-hydrogen) atoms. The molecule has 0 aliphatic heterocycles. The van der Waals surface area contributed by atoms with Gasteiger partial charge in [0, 0.05) is 20.5 Å². The summed E-state index contributed by atoms with van der Waals surface area (Å²) in [6.45, 7) is 1.72. The maximum absolute atomic E-state index is 8.75. The minimum absolute atomic E-state index is 0.341. The fourth-order valence-electron chi connectivity index (χ4n) is 0.556. The zero-order valence-corrected chi connectivity index (χ0v) is 7.70. The molecule has 0 aromatic heterocycles. The van der Waals surface area contributed by atoms with Crippen LogP contribution in [0.25, 0.3) is 0 Å².